The number of methoxy groups -OCH3 is 1. The SMILES string of the molecule is COC1(CNS(=O)(=O)Cc2ccc(Cl)cc2)Cc2ccccc2C1. The van der Waals surface area contributed by atoms with Gasteiger partial charge in [-0.25, -0.2) is 13.1 Å². The predicted octanol–water partition coefficient (Wildman–Crippen LogP) is 2.94. The molecule has 0 bridgehead atoms. The Hall–Kier alpha value is -1.40. The molecule has 1 aliphatic carbocycles. The number of benzene rings is 2. The van der Waals surface area contributed by atoms with Gasteiger partial charge in [-0.05, 0) is 28.8 Å². The van der Waals surface area contributed by atoms with Gasteiger partial charge in [0.05, 0.1) is 11.4 Å². The number of ether oxygens (including phenoxy) is 1. The Balaban J connectivity index is 1.66. The molecular weight excluding hydrogens is 346 g/mol. The number of rotatable bonds is 6. The Bertz CT molecular complexity index is 793. The number of halogens is 1. The molecule has 1 N–H and O–H groups in total. The maximum absolute atomic E-state index is 12.4. The third-order valence-electron chi connectivity index (χ3n) is 4.46. The van der Waals surface area contributed by atoms with Crippen LogP contribution in [0.5, 0.6) is 0 Å². The molecule has 0 atom stereocenters. The summed E-state index contributed by atoms with van der Waals surface area (Å²) >= 11 is 5.83. The van der Waals surface area contributed by atoms with Crippen LogP contribution in [-0.4, -0.2) is 27.7 Å². The minimum atomic E-state index is -3.44. The Kier molecular flexibility index (Phi) is 4.97. The molecule has 0 aromatic heterocycles. The van der Waals surface area contributed by atoms with Crippen LogP contribution in [0.25, 0.3) is 0 Å². The van der Waals surface area contributed by atoms with E-state index in [9.17, 15) is 8.42 Å². The molecule has 0 heterocycles. The largest absolute Gasteiger partial charge is 0.376 e. The van der Waals surface area contributed by atoms with Crippen molar-refractivity contribution in [3.63, 3.8) is 0 Å². The number of sulfonamides is 1. The van der Waals surface area contributed by atoms with Crippen molar-refractivity contribution in [2.24, 2.45) is 0 Å². The normalized spacial score (nSPS) is 16.1. The minimum Gasteiger partial charge on any atom is -0.376 e. The van der Waals surface area contributed by atoms with Crippen molar-refractivity contribution in [2.45, 2.75) is 24.2 Å². The van der Waals surface area contributed by atoms with Crippen LogP contribution in [0.1, 0.15) is 16.7 Å². The van der Waals surface area contributed by atoms with Crippen LogP contribution >= 0.6 is 11.6 Å². The lowest BCUT2D eigenvalue weighted by Gasteiger charge is -2.27. The quantitative estimate of drug-likeness (QED) is 0.856. The second-order valence-corrected chi connectivity index (χ2v) is 8.46. The van der Waals surface area contributed by atoms with E-state index in [1.165, 1.54) is 11.1 Å². The molecule has 0 fully saturated rings. The standard InChI is InChI=1S/C18H20ClNO3S/c1-23-18(10-15-4-2-3-5-16(15)11-18)13-20-24(21,22)12-14-6-8-17(19)9-7-14/h2-9,20H,10-13H2,1H3. The third-order valence-corrected chi connectivity index (χ3v) is 6.01. The molecule has 0 saturated carbocycles. The number of hydrogen-bond donors (Lipinski definition) is 1. The zero-order valence-electron chi connectivity index (χ0n) is 13.5. The highest BCUT2D eigenvalue weighted by molar-refractivity contribution is 7.88. The lowest BCUT2D eigenvalue weighted by Crippen LogP contribution is -2.45. The van der Waals surface area contributed by atoms with Crippen LogP contribution in [0, 0.1) is 0 Å². The molecule has 2 aromatic carbocycles. The van der Waals surface area contributed by atoms with Crippen molar-refractivity contribution in [3.05, 3.63) is 70.2 Å². The van der Waals surface area contributed by atoms with E-state index in [0.717, 1.165) is 0 Å². The molecule has 128 valence electrons. The van der Waals surface area contributed by atoms with E-state index in [1.807, 2.05) is 12.1 Å². The summed E-state index contributed by atoms with van der Waals surface area (Å²) in [5, 5.41) is 0.589. The highest BCUT2D eigenvalue weighted by Gasteiger charge is 2.38. The van der Waals surface area contributed by atoms with Gasteiger partial charge < -0.3 is 4.74 Å². The van der Waals surface area contributed by atoms with Gasteiger partial charge in [0.1, 0.15) is 0 Å². The summed E-state index contributed by atoms with van der Waals surface area (Å²) in [6.45, 7) is 0.258. The van der Waals surface area contributed by atoms with Crippen LogP contribution in [0.4, 0.5) is 0 Å². The van der Waals surface area contributed by atoms with E-state index < -0.39 is 15.6 Å². The molecule has 6 heteroatoms. The van der Waals surface area contributed by atoms with Gasteiger partial charge in [-0.15, -0.1) is 0 Å². The molecule has 0 spiro atoms. The summed E-state index contributed by atoms with van der Waals surface area (Å²) in [7, 11) is -1.81. The number of hydrogen-bond acceptors (Lipinski definition) is 3. The van der Waals surface area contributed by atoms with Crippen LogP contribution < -0.4 is 4.72 Å². The van der Waals surface area contributed by atoms with E-state index in [0.29, 0.717) is 23.4 Å². The fourth-order valence-electron chi connectivity index (χ4n) is 3.09. The number of fused-ring (bicyclic) bond motifs is 1. The third kappa shape index (κ3) is 3.98. The van der Waals surface area contributed by atoms with Gasteiger partial charge in [0, 0.05) is 31.5 Å². The van der Waals surface area contributed by atoms with Crippen molar-refractivity contribution in [1.29, 1.82) is 0 Å². The predicted molar refractivity (Wildman–Crippen MR) is 95.7 cm³/mol. The molecule has 24 heavy (non-hydrogen) atoms. The molecule has 2 aromatic rings. The molecule has 0 radical (unpaired) electrons. The molecule has 1 aliphatic rings. The average Bonchev–Trinajstić information content (AvgIpc) is 2.94. The molecule has 0 aliphatic heterocycles. The van der Waals surface area contributed by atoms with Crippen molar-refractivity contribution in [1.82, 2.24) is 4.72 Å². The average molecular weight is 366 g/mol. The van der Waals surface area contributed by atoms with E-state index in [4.69, 9.17) is 16.3 Å². The smallest absolute Gasteiger partial charge is 0.215 e. The minimum absolute atomic E-state index is 0.0725. The molecular formula is C18H20ClNO3S. The van der Waals surface area contributed by atoms with E-state index in [1.54, 1.807) is 31.4 Å². The first-order valence-electron chi connectivity index (χ1n) is 7.75. The topological polar surface area (TPSA) is 55.4 Å². The van der Waals surface area contributed by atoms with Crippen LogP contribution in [0.3, 0.4) is 0 Å². The van der Waals surface area contributed by atoms with Gasteiger partial charge in [0.15, 0.2) is 0 Å². The summed E-state index contributed by atoms with van der Waals surface area (Å²) in [6, 6.07) is 15.0. The van der Waals surface area contributed by atoms with Crippen molar-refractivity contribution < 1.29 is 13.2 Å². The van der Waals surface area contributed by atoms with Gasteiger partial charge in [-0.3, -0.25) is 0 Å². The molecule has 0 saturated heterocycles. The van der Waals surface area contributed by atoms with Crippen LogP contribution in [0.15, 0.2) is 48.5 Å². The fraction of sp³-hybridized carbons (Fsp3) is 0.333. The van der Waals surface area contributed by atoms with E-state index >= 15 is 0 Å². The van der Waals surface area contributed by atoms with Crippen molar-refractivity contribution in [2.75, 3.05) is 13.7 Å². The maximum Gasteiger partial charge on any atom is 0.215 e. The Morgan fingerprint density at radius 1 is 1.08 bits per heavy atom. The van der Waals surface area contributed by atoms with E-state index in [2.05, 4.69) is 16.9 Å². The monoisotopic (exact) mass is 365 g/mol. The zero-order chi connectivity index (χ0) is 17.2. The fourth-order valence-corrected chi connectivity index (χ4v) is 4.44. The van der Waals surface area contributed by atoms with Gasteiger partial charge >= 0.3 is 0 Å². The Morgan fingerprint density at radius 2 is 1.67 bits per heavy atom. The van der Waals surface area contributed by atoms with Crippen LogP contribution in [0.2, 0.25) is 5.02 Å². The first-order valence-corrected chi connectivity index (χ1v) is 9.78. The summed E-state index contributed by atoms with van der Waals surface area (Å²) in [4.78, 5) is 0. The van der Waals surface area contributed by atoms with Crippen molar-refractivity contribution >= 4 is 21.6 Å². The lowest BCUT2D eigenvalue weighted by atomic mass is 10.0. The van der Waals surface area contributed by atoms with Gasteiger partial charge in [-0.1, -0.05) is 48.0 Å². The highest BCUT2D eigenvalue weighted by atomic mass is 35.5. The molecule has 4 nitrogen and oxygen atoms in total. The second kappa shape index (κ2) is 6.84. The lowest BCUT2D eigenvalue weighted by molar-refractivity contribution is 0.00377. The number of nitrogens with one attached hydrogen (secondary N) is 1. The van der Waals surface area contributed by atoms with E-state index in [-0.39, 0.29) is 12.3 Å². The van der Waals surface area contributed by atoms with Crippen LogP contribution in [-0.2, 0) is 33.4 Å². The van der Waals surface area contributed by atoms with Gasteiger partial charge in [0.2, 0.25) is 10.0 Å². The molecule has 0 amide bonds. The summed E-state index contributed by atoms with van der Waals surface area (Å²) in [5.74, 6) is -0.0725. The first-order chi connectivity index (χ1) is 11.4. The van der Waals surface area contributed by atoms with Crippen molar-refractivity contribution in [3.8, 4) is 0 Å². The Labute approximate surface area is 147 Å². The first kappa shape index (κ1) is 17.4. The molecule has 3 rings (SSSR count). The zero-order valence-corrected chi connectivity index (χ0v) is 15.0. The second-order valence-electron chi connectivity index (χ2n) is 6.22. The summed E-state index contributed by atoms with van der Waals surface area (Å²) in [5.41, 5.74) is 2.62. The van der Waals surface area contributed by atoms with Gasteiger partial charge in [0.25, 0.3) is 0 Å². The summed E-state index contributed by atoms with van der Waals surface area (Å²) < 4.78 is 33.1. The summed E-state index contributed by atoms with van der Waals surface area (Å²) in [6.07, 6.45) is 1.42. The van der Waals surface area contributed by atoms with Gasteiger partial charge in [-0.2, -0.15) is 0 Å². The highest BCUT2D eigenvalue weighted by Crippen LogP contribution is 2.32. The molecule has 0 unspecified atom stereocenters. The Morgan fingerprint density at radius 3 is 2.21 bits per heavy atom. The maximum atomic E-state index is 12.4.